The molecule has 0 saturated carbocycles. The summed E-state index contributed by atoms with van der Waals surface area (Å²) in [6.07, 6.45) is 4.85. The lowest BCUT2D eigenvalue weighted by Gasteiger charge is -2.38. The van der Waals surface area contributed by atoms with Gasteiger partial charge in [-0.05, 0) is 38.5 Å². The minimum atomic E-state index is -2.97. The first kappa shape index (κ1) is 14.0. The Morgan fingerprint density at radius 2 is 1.72 bits per heavy atom. The predicted molar refractivity (Wildman–Crippen MR) is 67.9 cm³/mol. The Morgan fingerprint density at radius 3 is 2.28 bits per heavy atom. The summed E-state index contributed by atoms with van der Waals surface area (Å²) in [7, 11) is -2.97. The maximum Gasteiger partial charge on any atom is 0.156 e. The second-order valence-electron chi connectivity index (χ2n) is 5.54. The lowest BCUT2D eigenvalue weighted by molar-refractivity contribution is -0.123. The molecular formula is C13H21FO3S. The summed E-state index contributed by atoms with van der Waals surface area (Å²) in [5.41, 5.74) is 0. The number of rotatable bonds is 5. The smallest absolute Gasteiger partial charge is 0.156 e. The first-order chi connectivity index (χ1) is 8.55. The molecule has 2 unspecified atom stereocenters. The van der Waals surface area contributed by atoms with E-state index in [9.17, 15) is 17.6 Å². The van der Waals surface area contributed by atoms with E-state index >= 15 is 0 Å². The number of carbonyl (C=O) groups is 1. The number of sulfone groups is 1. The van der Waals surface area contributed by atoms with Gasteiger partial charge in [0.2, 0.25) is 0 Å². The topological polar surface area (TPSA) is 51.2 Å². The summed E-state index contributed by atoms with van der Waals surface area (Å²) >= 11 is 0. The second kappa shape index (κ2) is 5.68. The Morgan fingerprint density at radius 1 is 1.11 bits per heavy atom. The Hall–Kier alpha value is -0.450. The van der Waals surface area contributed by atoms with Crippen LogP contribution in [0.1, 0.15) is 51.4 Å². The van der Waals surface area contributed by atoms with Crippen LogP contribution in [0.3, 0.4) is 0 Å². The van der Waals surface area contributed by atoms with Gasteiger partial charge in [0.05, 0.1) is 17.2 Å². The minimum absolute atomic E-state index is 0.0940. The fourth-order valence-electron chi connectivity index (χ4n) is 3.27. The molecule has 0 aliphatic carbocycles. The molecule has 3 nitrogen and oxygen atoms in total. The van der Waals surface area contributed by atoms with Crippen molar-refractivity contribution in [3.05, 3.63) is 0 Å². The van der Waals surface area contributed by atoms with Gasteiger partial charge in [-0.15, -0.1) is 0 Å². The molecule has 2 heterocycles. The van der Waals surface area contributed by atoms with Gasteiger partial charge in [0, 0.05) is 12.3 Å². The van der Waals surface area contributed by atoms with Crippen LogP contribution in [-0.2, 0) is 14.6 Å². The van der Waals surface area contributed by atoms with Gasteiger partial charge >= 0.3 is 0 Å². The van der Waals surface area contributed by atoms with Crippen LogP contribution < -0.4 is 0 Å². The summed E-state index contributed by atoms with van der Waals surface area (Å²) in [6.45, 7) is -0.377. The van der Waals surface area contributed by atoms with Gasteiger partial charge in [-0.25, -0.2) is 8.42 Å². The molecule has 2 atom stereocenters. The van der Waals surface area contributed by atoms with Crippen LogP contribution in [0.5, 0.6) is 0 Å². The van der Waals surface area contributed by atoms with Crippen LogP contribution in [0.15, 0.2) is 0 Å². The molecule has 0 aromatic rings. The number of hydrogen-bond acceptors (Lipinski definition) is 3. The fraction of sp³-hybridized carbons (Fsp3) is 0.923. The van der Waals surface area contributed by atoms with E-state index in [0.29, 0.717) is 44.9 Å². The Balaban J connectivity index is 1.96. The molecule has 18 heavy (non-hydrogen) atoms. The number of fused-ring (bicyclic) bond motifs is 2. The van der Waals surface area contributed by atoms with Gasteiger partial charge in [0.15, 0.2) is 9.84 Å². The maximum absolute atomic E-state index is 12.1. The molecule has 0 spiro atoms. The van der Waals surface area contributed by atoms with Crippen molar-refractivity contribution in [2.75, 3.05) is 6.67 Å². The van der Waals surface area contributed by atoms with Crippen molar-refractivity contribution in [3.63, 3.8) is 0 Å². The Kier molecular flexibility index (Phi) is 4.41. The summed E-state index contributed by atoms with van der Waals surface area (Å²) < 4.78 is 36.1. The van der Waals surface area contributed by atoms with Crippen LogP contribution in [0.4, 0.5) is 4.39 Å². The minimum Gasteiger partial charge on any atom is -0.299 e. The summed E-state index contributed by atoms with van der Waals surface area (Å²) in [6, 6.07) is 0. The zero-order valence-corrected chi connectivity index (χ0v) is 11.4. The van der Waals surface area contributed by atoms with Crippen LogP contribution in [0.25, 0.3) is 0 Å². The third-order valence-electron chi connectivity index (χ3n) is 4.34. The van der Waals surface area contributed by atoms with Crippen molar-refractivity contribution in [3.8, 4) is 0 Å². The van der Waals surface area contributed by atoms with Crippen molar-refractivity contribution < 1.29 is 17.6 Å². The highest BCUT2D eigenvalue weighted by atomic mass is 32.2. The molecule has 0 aromatic heterocycles. The number of Topliss-reactive ketones (excluding diaryl/α,β-unsaturated/α-hetero) is 1. The maximum atomic E-state index is 12.1. The molecule has 0 aromatic carbocycles. The fourth-order valence-corrected chi connectivity index (χ4v) is 5.81. The standard InChI is InChI=1S/C13H21FO3S/c14-7-2-1-6-13(15)10-8-11-4-3-5-12(9-10)18(11,16)17/h10-12H,1-9H2. The van der Waals surface area contributed by atoms with Crippen LogP contribution in [0.2, 0.25) is 0 Å². The highest BCUT2D eigenvalue weighted by Gasteiger charge is 2.45. The number of ketones is 1. The third-order valence-corrected chi connectivity index (χ3v) is 7.05. The highest BCUT2D eigenvalue weighted by molar-refractivity contribution is 7.92. The SMILES string of the molecule is O=C(CCCCF)C1CC2CCCC(C1)S2(=O)=O. The predicted octanol–water partition coefficient (Wildman–Crippen LogP) is 2.44. The lowest BCUT2D eigenvalue weighted by atomic mass is 9.85. The number of unbranched alkanes of at least 4 members (excludes halogenated alkanes) is 1. The Bertz CT molecular complexity index is 384. The first-order valence-corrected chi connectivity index (χ1v) is 8.48. The van der Waals surface area contributed by atoms with Gasteiger partial charge in [-0.1, -0.05) is 6.42 Å². The molecule has 2 aliphatic rings. The zero-order chi connectivity index (χ0) is 13.2. The van der Waals surface area contributed by atoms with Crippen LogP contribution in [0, 0.1) is 5.92 Å². The van der Waals surface area contributed by atoms with E-state index in [-0.39, 0.29) is 28.9 Å². The van der Waals surface area contributed by atoms with Crippen LogP contribution in [-0.4, -0.2) is 31.4 Å². The molecule has 5 heteroatoms. The Labute approximate surface area is 108 Å². The number of carbonyl (C=O) groups excluding carboxylic acids is 1. The second-order valence-corrected chi connectivity index (χ2v) is 8.06. The normalized spacial score (nSPS) is 34.2. The molecule has 2 fully saturated rings. The van der Waals surface area contributed by atoms with Crippen molar-refractivity contribution >= 4 is 15.6 Å². The van der Waals surface area contributed by atoms with Crippen molar-refractivity contribution in [2.45, 2.75) is 61.9 Å². The molecular weight excluding hydrogens is 255 g/mol. The van der Waals surface area contributed by atoms with E-state index in [1.54, 1.807) is 0 Å². The molecule has 0 radical (unpaired) electrons. The quantitative estimate of drug-likeness (QED) is 0.725. The summed E-state index contributed by atoms with van der Waals surface area (Å²) in [5, 5.41) is -0.583. The van der Waals surface area contributed by atoms with Gasteiger partial charge < -0.3 is 0 Å². The van der Waals surface area contributed by atoms with E-state index in [2.05, 4.69) is 0 Å². The first-order valence-electron chi connectivity index (χ1n) is 6.87. The largest absolute Gasteiger partial charge is 0.299 e. The average molecular weight is 276 g/mol. The lowest BCUT2D eigenvalue weighted by Crippen LogP contribution is -2.45. The van der Waals surface area contributed by atoms with E-state index in [1.165, 1.54) is 0 Å². The summed E-state index contributed by atoms with van der Waals surface area (Å²) in [4.78, 5) is 12.0. The molecule has 0 N–H and O–H groups in total. The number of alkyl halides is 1. The van der Waals surface area contributed by atoms with Gasteiger partial charge in [0.25, 0.3) is 0 Å². The zero-order valence-electron chi connectivity index (χ0n) is 10.6. The monoisotopic (exact) mass is 276 g/mol. The molecule has 104 valence electrons. The van der Waals surface area contributed by atoms with Gasteiger partial charge in [-0.2, -0.15) is 0 Å². The molecule has 0 amide bonds. The molecule has 2 saturated heterocycles. The molecule has 2 aliphatic heterocycles. The van der Waals surface area contributed by atoms with E-state index in [0.717, 1.165) is 6.42 Å². The van der Waals surface area contributed by atoms with Gasteiger partial charge in [-0.3, -0.25) is 9.18 Å². The average Bonchev–Trinajstić information content (AvgIpc) is 2.27. The van der Waals surface area contributed by atoms with E-state index in [4.69, 9.17) is 0 Å². The van der Waals surface area contributed by atoms with Crippen LogP contribution >= 0.6 is 0 Å². The van der Waals surface area contributed by atoms with Crippen molar-refractivity contribution in [2.24, 2.45) is 5.92 Å². The number of halogens is 1. The highest BCUT2D eigenvalue weighted by Crippen LogP contribution is 2.40. The molecule has 2 rings (SSSR count). The van der Waals surface area contributed by atoms with E-state index < -0.39 is 9.84 Å². The van der Waals surface area contributed by atoms with E-state index in [1.807, 2.05) is 0 Å². The van der Waals surface area contributed by atoms with Crippen molar-refractivity contribution in [1.82, 2.24) is 0 Å². The van der Waals surface area contributed by atoms with Crippen molar-refractivity contribution in [1.29, 1.82) is 0 Å². The number of hydrogen-bond donors (Lipinski definition) is 0. The summed E-state index contributed by atoms with van der Waals surface area (Å²) in [5.74, 6) is 0.0543. The third kappa shape index (κ3) is 2.76. The van der Waals surface area contributed by atoms with Gasteiger partial charge in [0.1, 0.15) is 5.78 Å². The molecule has 2 bridgehead atoms.